The molecule has 0 unspecified atom stereocenters. The van der Waals surface area contributed by atoms with Gasteiger partial charge in [0.25, 0.3) is 0 Å². The van der Waals surface area contributed by atoms with Crippen molar-refractivity contribution in [1.82, 2.24) is 19.4 Å². The minimum atomic E-state index is 0.814. The monoisotopic (exact) mass is 250 g/mol. The van der Waals surface area contributed by atoms with E-state index in [0.717, 1.165) is 33.2 Å². The third-order valence-corrected chi connectivity index (χ3v) is 3.32. The number of nitrogens with zero attached hydrogens (tertiary/aromatic N) is 4. The van der Waals surface area contributed by atoms with Crippen molar-refractivity contribution in [2.45, 2.75) is 0 Å². The molecule has 0 aliphatic rings. The van der Waals surface area contributed by atoms with Crippen molar-refractivity contribution >= 4 is 27.5 Å². The summed E-state index contributed by atoms with van der Waals surface area (Å²) in [5, 5.41) is 3.12. The number of hydrogen-bond acceptors (Lipinski definition) is 4. The molecule has 1 aromatic carbocycles. The topological polar surface area (TPSA) is 52.3 Å². The summed E-state index contributed by atoms with van der Waals surface area (Å²) >= 11 is 0. The number of ether oxygens (including phenoxy) is 1. The summed E-state index contributed by atoms with van der Waals surface area (Å²) in [6.45, 7) is 0. The first-order chi connectivity index (χ1) is 9.38. The third kappa shape index (κ3) is 1.32. The van der Waals surface area contributed by atoms with Gasteiger partial charge in [0, 0.05) is 29.4 Å². The van der Waals surface area contributed by atoms with Crippen LogP contribution in [0.5, 0.6) is 5.75 Å². The second-order valence-corrected chi connectivity index (χ2v) is 4.29. The lowest BCUT2D eigenvalue weighted by atomic mass is 10.1. The third-order valence-electron chi connectivity index (χ3n) is 3.32. The first-order valence-corrected chi connectivity index (χ1v) is 5.91. The van der Waals surface area contributed by atoms with Crippen LogP contribution < -0.4 is 4.74 Å². The predicted molar refractivity (Wildman–Crippen MR) is 72.3 cm³/mol. The van der Waals surface area contributed by atoms with E-state index in [4.69, 9.17) is 4.74 Å². The molecule has 0 aliphatic heterocycles. The van der Waals surface area contributed by atoms with Crippen LogP contribution in [-0.4, -0.2) is 26.5 Å². The van der Waals surface area contributed by atoms with E-state index in [1.54, 1.807) is 19.6 Å². The molecule has 92 valence electrons. The number of benzene rings is 1. The van der Waals surface area contributed by atoms with Gasteiger partial charge in [-0.05, 0) is 23.6 Å². The number of aromatic nitrogens is 4. The van der Waals surface area contributed by atoms with Crippen molar-refractivity contribution in [3.8, 4) is 5.75 Å². The maximum absolute atomic E-state index is 5.29. The summed E-state index contributed by atoms with van der Waals surface area (Å²) in [7, 11) is 1.66. The zero-order valence-electron chi connectivity index (χ0n) is 10.2. The maximum Gasteiger partial charge on any atom is 0.149 e. The molecule has 19 heavy (non-hydrogen) atoms. The molecule has 0 aliphatic carbocycles. The minimum absolute atomic E-state index is 0.814. The van der Waals surface area contributed by atoms with E-state index in [1.807, 2.05) is 35.0 Å². The standard InChI is InChI=1S/C14H10N4O/c1-19-9-2-3-10-11(6-9)13-16-4-5-18(13)14-12(10)7-15-8-17-14/h2-8H,1H3. The van der Waals surface area contributed by atoms with Crippen LogP contribution in [0.15, 0.2) is 43.1 Å². The van der Waals surface area contributed by atoms with E-state index in [0.29, 0.717) is 0 Å². The Morgan fingerprint density at radius 3 is 2.84 bits per heavy atom. The Morgan fingerprint density at radius 1 is 1.05 bits per heavy atom. The van der Waals surface area contributed by atoms with Gasteiger partial charge in [-0.1, -0.05) is 0 Å². The van der Waals surface area contributed by atoms with Gasteiger partial charge in [-0.2, -0.15) is 0 Å². The normalized spacial score (nSPS) is 11.4. The van der Waals surface area contributed by atoms with Crippen LogP contribution in [-0.2, 0) is 0 Å². The fourth-order valence-electron chi connectivity index (χ4n) is 2.45. The van der Waals surface area contributed by atoms with Gasteiger partial charge in [0.15, 0.2) is 0 Å². The molecule has 4 aromatic rings. The molecule has 4 rings (SSSR count). The molecule has 3 heterocycles. The van der Waals surface area contributed by atoms with Crippen molar-refractivity contribution in [3.05, 3.63) is 43.1 Å². The highest BCUT2D eigenvalue weighted by Gasteiger charge is 2.10. The minimum Gasteiger partial charge on any atom is -0.497 e. The molecule has 0 atom stereocenters. The quantitative estimate of drug-likeness (QED) is 0.487. The van der Waals surface area contributed by atoms with Crippen molar-refractivity contribution in [2.75, 3.05) is 7.11 Å². The second kappa shape index (κ2) is 3.65. The van der Waals surface area contributed by atoms with Crippen molar-refractivity contribution < 1.29 is 4.74 Å². The van der Waals surface area contributed by atoms with Gasteiger partial charge in [0.1, 0.15) is 23.4 Å². The maximum atomic E-state index is 5.29. The fourth-order valence-corrected chi connectivity index (χ4v) is 2.45. The predicted octanol–water partition coefficient (Wildman–Crippen LogP) is 2.44. The molecule has 0 radical (unpaired) electrons. The summed E-state index contributed by atoms with van der Waals surface area (Å²) in [5.41, 5.74) is 1.74. The molecule has 0 N–H and O–H groups in total. The van der Waals surface area contributed by atoms with E-state index >= 15 is 0 Å². The molecule has 0 fully saturated rings. The first kappa shape index (κ1) is 10.3. The second-order valence-electron chi connectivity index (χ2n) is 4.29. The van der Waals surface area contributed by atoms with Crippen LogP contribution >= 0.6 is 0 Å². The van der Waals surface area contributed by atoms with E-state index < -0.39 is 0 Å². The Bertz CT molecular complexity index is 913. The van der Waals surface area contributed by atoms with Crippen LogP contribution in [0.25, 0.3) is 27.5 Å². The highest BCUT2D eigenvalue weighted by Crippen LogP contribution is 2.29. The molecule has 0 amide bonds. The smallest absolute Gasteiger partial charge is 0.149 e. The largest absolute Gasteiger partial charge is 0.497 e. The van der Waals surface area contributed by atoms with Gasteiger partial charge in [-0.3, -0.25) is 4.40 Å². The summed E-state index contributed by atoms with van der Waals surface area (Å²) in [4.78, 5) is 12.9. The van der Waals surface area contributed by atoms with Crippen LogP contribution in [0.1, 0.15) is 0 Å². The van der Waals surface area contributed by atoms with Gasteiger partial charge in [-0.25, -0.2) is 15.0 Å². The van der Waals surface area contributed by atoms with Gasteiger partial charge < -0.3 is 4.74 Å². The lowest BCUT2D eigenvalue weighted by Crippen LogP contribution is -1.94. The number of rotatable bonds is 1. The zero-order valence-corrected chi connectivity index (χ0v) is 10.2. The summed E-state index contributed by atoms with van der Waals surface area (Å²) in [5.74, 6) is 0.814. The molecule has 0 bridgehead atoms. The Hall–Kier alpha value is -2.69. The molecule has 0 spiro atoms. The molecule has 5 nitrogen and oxygen atoms in total. The molecule has 0 saturated carbocycles. The average Bonchev–Trinajstić information content (AvgIpc) is 2.97. The van der Waals surface area contributed by atoms with Crippen LogP contribution in [0.4, 0.5) is 0 Å². The van der Waals surface area contributed by atoms with Gasteiger partial charge in [0.2, 0.25) is 0 Å². The Kier molecular flexibility index (Phi) is 1.97. The van der Waals surface area contributed by atoms with Crippen molar-refractivity contribution in [1.29, 1.82) is 0 Å². The molecule has 3 aromatic heterocycles. The fraction of sp³-hybridized carbons (Fsp3) is 0.0714. The SMILES string of the molecule is COc1ccc2c3cncnc3n3ccnc3c2c1. The van der Waals surface area contributed by atoms with Crippen LogP contribution in [0.3, 0.4) is 0 Å². The zero-order chi connectivity index (χ0) is 12.8. The van der Waals surface area contributed by atoms with Crippen molar-refractivity contribution in [2.24, 2.45) is 0 Å². The molecule has 5 heteroatoms. The highest BCUT2D eigenvalue weighted by atomic mass is 16.5. The van der Waals surface area contributed by atoms with Gasteiger partial charge in [0.05, 0.1) is 7.11 Å². The summed E-state index contributed by atoms with van der Waals surface area (Å²) < 4.78 is 7.26. The summed E-state index contributed by atoms with van der Waals surface area (Å²) in [6, 6.07) is 5.95. The number of fused-ring (bicyclic) bond motifs is 6. The molecular weight excluding hydrogens is 240 g/mol. The number of pyridine rings is 1. The number of imidazole rings is 1. The Morgan fingerprint density at radius 2 is 1.95 bits per heavy atom. The lowest BCUT2D eigenvalue weighted by molar-refractivity contribution is 0.415. The van der Waals surface area contributed by atoms with E-state index in [-0.39, 0.29) is 0 Å². The highest BCUT2D eigenvalue weighted by molar-refractivity contribution is 6.10. The first-order valence-electron chi connectivity index (χ1n) is 5.91. The number of methoxy groups -OCH3 is 1. The van der Waals surface area contributed by atoms with Gasteiger partial charge in [-0.15, -0.1) is 0 Å². The lowest BCUT2D eigenvalue weighted by Gasteiger charge is -2.08. The average molecular weight is 250 g/mol. The van der Waals surface area contributed by atoms with Crippen LogP contribution in [0, 0.1) is 0 Å². The number of hydrogen-bond donors (Lipinski definition) is 0. The van der Waals surface area contributed by atoms with E-state index in [1.165, 1.54) is 0 Å². The van der Waals surface area contributed by atoms with Crippen LogP contribution in [0.2, 0.25) is 0 Å². The Balaban J connectivity index is 2.34. The summed E-state index contributed by atoms with van der Waals surface area (Å²) in [6.07, 6.45) is 7.06. The van der Waals surface area contributed by atoms with Crippen molar-refractivity contribution in [3.63, 3.8) is 0 Å². The van der Waals surface area contributed by atoms with Gasteiger partial charge >= 0.3 is 0 Å². The Labute approximate surface area is 108 Å². The van der Waals surface area contributed by atoms with E-state index in [9.17, 15) is 0 Å². The molecule has 0 saturated heterocycles. The molecular formula is C14H10N4O. The van der Waals surface area contributed by atoms with E-state index in [2.05, 4.69) is 15.0 Å².